The summed E-state index contributed by atoms with van der Waals surface area (Å²) in [5, 5.41) is 12.8. The summed E-state index contributed by atoms with van der Waals surface area (Å²) in [4.78, 5) is 18.9. The molecule has 3 aliphatic heterocycles. The standard InChI is InChI=1S/C42H53F2N5O5/c1-4-31-34(43)12-11-28-19-30(54-26-51-3)20-32(35(28)31)37-36(44)38-33(21-45-37)39(48-17-7-14-41(2,50)24-48)47-40(46-38)53-25-42-15-8-18-49(42)29(13-16-42)23-52-22-27-9-5-6-10-27/h11-12,19-21,27,29,50H,4-10,13-18,22-26H2,1-3H3/t29-,41+,42-/m0/s1. The predicted octanol–water partition coefficient (Wildman–Crippen LogP) is 7.60. The Kier molecular flexibility index (Phi) is 10.6. The molecule has 8 rings (SSSR count). The molecule has 12 heteroatoms. The minimum Gasteiger partial charge on any atom is -0.468 e. The highest BCUT2D eigenvalue weighted by Gasteiger charge is 2.50. The van der Waals surface area contributed by atoms with Crippen LogP contribution in [0.3, 0.4) is 0 Å². The molecule has 54 heavy (non-hydrogen) atoms. The zero-order chi connectivity index (χ0) is 37.5. The van der Waals surface area contributed by atoms with Gasteiger partial charge in [0.1, 0.15) is 35.2 Å². The lowest BCUT2D eigenvalue weighted by Gasteiger charge is -2.38. The summed E-state index contributed by atoms with van der Waals surface area (Å²) >= 11 is 0. The maximum absolute atomic E-state index is 17.3. The number of nitrogens with zero attached hydrogens (tertiary/aromatic N) is 5. The summed E-state index contributed by atoms with van der Waals surface area (Å²) in [7, 11) is 1.52. The minimum absolute atomic E-state index is 0.00947. The minimum atomic E-state index is -0.938. The Balaban J connectivity index is 1.16. The number of methoxy groups -OCH3 is 1. The van der Waals surface area contributed by atoms with Crippen molar-refractivity contribution in [3.05, 3.63) is 47.7 Å². The van der Waals surface area contributed by atoms with Gasteiger partial charge in [0.25, 0.3) is 0 Å². The second-order valence-corrected chi connectivity index (χ2v) is 16.2. The van der Waals surface area contributed by atoms with Crippen LogP contribution in [0.15, 0.2) is 30.5 Å². The van der Waals surface area contributed by atoms with E-state index >= 15 is 8.78 Å². The molecule has 0 unspecified atom stereocenters. The van der Waals surface area contributed by atoms with E-state index in [0.29, 0.717) is 83.4 Å². The Morgan fingerprint density at radius 2 is 1.80 bits per heavy atom. The molecular formula is C42H53F2N5O5. The fourth-order valence-corrected chi connectivity index (χ4v) is 9.68. The molecule has 1 N–H and O–H groups in total. The lowest BCUT2D eigenvalue weighted by Crippen LogP contribution is -2.48. The Hall–Kier alpha value is -3.71. The van der Waals surface area contributed by atoms with Crippen LogP contribution in [0.4, 0.5) is 14.6 Å². The predicted molar refractivity (Wildman–Crippen MR) is 204 cm³/mol. The highest BCUT2D eigenvalue weighted by molar-refractivity contribution is 6.01. The van der Waals surface area contributed by atoms with Gasteiger partial charge in [0.15, 0.2) is 12.6 Å². The Morgan fingerprint density at radius 1 is 0.963 bits per heavy atom. The van der Waals surface area contributed by atoms with Gasteiger partial charge in [-0.3, -0.25) is 9.88 Å². The maximum atomic E-state index is 17.3. The number of halogens is 2. The van der Waals surface area contributed by atoms with Crippen LogP contribution in [0.25, 0.3) is 32.9 Å². The van der Waals surface area contributed by atoms with Crippen molar-refractivity contribution in [3.8, 4) is 23.0 Å². The van der Waals surface area contributed by atoms with E-state index in [4.69, 9.17) is 28.9 Å². The number of benzene rings is 2. The van der Waals surface area contributed by atoms with E-state index in [1.165, 1.54) is 38.9 Å². The highest BCUT2D eigenvalue weighted by Crippen LogP contribution is 2.44. The summed E-state index contributed by atoms with van der Waals surface area (Å²) in [5.41, 5.74) is -0.157. The molecule has 290 valence electrons. The second kappa shape index (κ2) is 15.4. The quantitative estimate of drug-likeness (QED) is 0.138. The normalized spacial score (nSPS) is 24.9. The lowest BCUT2D eigenvalue weighted by molar-refractivity contribution is 0.0259. The number of rotatable bonds is 13. The van der Waals surface area contributed by atoms with E-state index in [9.17, 15) is 5.11 Å². The number of hydrogen-bond acceptors (Lipinski definition) is 10. The van der Waals surface area contributed by atoms with Crippen molar-refractivity contribution in [1.29, 1.82) is 0 Å². The SMILES string of the molecule is CCc1c(F)ccc2cc(OCOC)cc(-c3ncc4c(N5CCC[C@@](C)(O)C5)nc(OC[C@@]56CCCN5[C@H](COCC5CCCC5)CC6)nc4c3F)c12. The first kappa shape index (κ1) is 37.2. The number of ether oxygens (including phenoxy) is 4. The smallest absolute Gasteiger partial charge is 0.319 e. The van der Waals surface area contributed by atoms with Crippen LogP contribution in [0.2, 0.25) is 0 Å². The Labute approximate surface area is 316 Å². The van der Waals surface area contributed by atoms with E-state index in [2.05, 4.69) is 9.88 Å². The molecule has 0 bridgehead atoms. The van der Waals surface area contributed by atoms with Gasteiger partial charge in [-0.2, -0.15) is 9.97 Å². The zero-order valence-corrected chi connectivity index (χ0v) is 31.8. The van der Waals surface area contributed by atoms with Gasteiger partial charge < -0.3 is 29.0 Å². The molecule has 4 fully saturated rings. The number of anilines is 1. The molecule has 0 spiro atoms. The average Bonchev–Trinajstić information content (AvgIpc) is 3.91. The zero-order valence-electron chi connectivity index (χ0n) is 31.8. The summed E-state index contributed by atoms with van der Waals surface area (Å²) in [6.07, 6.45) is 12.7. The number of fused-ring (bicyclic) bond motifs is 3. The number of pyridine rings is 1. The molecule has 5 heterocycles. The third-order valence-electron chi connectivity index (χ3n) is 12.4. The van der Waals surface area contributed by atoms with E-state index < -0.39 is 11.4 Å². The van der Waals surface area contributed by atoms with Gasteiger partial charge in [-0.15, -0.1) is 0 Å². The fourth-order valence-electron chi connectivity index (χ4n) is 9.68. The van der Waals surface area contributed by atoms with Crippen molar-refractivity contribution in [2.75, 3.05) is 58.3 Å². The number of β-amino-alcohol motifs (C(OH)–C–C–N with tert-alkyl or cyclic N) is 1. The molecule has 2 aromatic heterocycles. The van der Waals surface area contributed by atoms with Gasteiger partial charge in [0, 0.05) is 44.6 Å². The molecule has 0 radical (unpaired) electrons. The van der Waals surface area contributed by atoms with Gasteiger partial charge in [0.05, 0.1) is 23.1 Å². The van der Waals surface area contributed by atoms with Crippen LogP contribution in [0.1, 0.15) is 83.6 Å². The van der Waals surface area contributed by atoms with Gasteiger partial charge in [0.2, 0.25) is 0 Å². The molecule has 1 aliphatic carbocycles. The molecular weight excluding hydrogens is 692 g/mol. The van der Waals surface area contributed by atoms with Gasteiger partial charge in [-0.25, -0.2) is 8.78 Å². The van der Waals surface area contributed by atoms with Crippen LogP contribution < -0.4 is 14.4 Å². The Morgan fingerprint density at radius 3 is 2.59 bits per heavy atom. The van der Waals surface area contributed by atoms with Crippen LogP contribution in [0, 0.1) is 17.6 Å². The first-order valence-electron chi connectivity index (χ1n) is 19.9. The topological polar surface area (TPSA) is 102 Å². The molecule has 4 aromatic rings. The Bertz CT molecular complexity index is 1990. The van der Waals surface area contributed by atoms with Crippen molar-refractivity contribution in [3.63, 3.8) is 0 Å². The number of aryl methyl sites for hydroxylation is 1. The van der Waals surface area contributed by atoms with Crippen molar-refractivity contribution in [1.82, 2.24) is 19.9 Å². The monoisotopic (exact) mass is 745 g/mol. The van der Waals surface area contributed by atoms with Gasteiger partial charge >= 0.3 is 6.01 Å². The van der Waals surface area contributed by atoms with Crippen LogP contribution >= 0.6 is 0 Å². The van der Waals surface area contributed by atoms with Gasteiger partial charge in [-0.05, 0) is 112 Å². The number of aliphatic hydroxyl groups is 1. The van der Waals surface area contributed by atoms with E-state index in [0.717, 1.165) is 51.9 Å². The van der Waals surface area contributed by atoms with Crippen molar-refractivity contribution in [2.45, 2.75) is 102 Å². The third kappa shape index (κ3) is 7.22. The summed E-state index contributed by atoms with van der Waals surface area (Å²) < 4.78 is 56.3. The van der Waals surface area contributed by atoms with Crippen LogP contribution in [-0.2, 0) is 15.9 Å². The van der Waals surface area contributed by atoms with Crippen molar-refractivity contribution < 1.29 is 32.8 Å². The molecule has 1 saturated carbocycles. The summed E-state index contributed by atoms with van der Waals surface area (Å²) in [5.74, 6) is 0.572. The molecule has 4 aliphatic rings. The van der Waals surface area contributed by atoms with Gasteiger partial charge in [-0.1, -0.05) is 25.8 Å². The maximum Gasteiger partial charge on any atom is 0.319 e. The number of hydrogen-bond donors (Lipinski definition) is 1. The van der Waals surface area contributed by atoms with E-state index in [1.54, 1.807) is 24.4 Å². The molecule has 0 amide bonds. The molecule has 3 saturated heterocycles. The van der Waals surface area contributed by atoms with Crippen molar-refractivity contribution in [2.24, 2.45) is 5.92 Å². The molecule has 10 nitrogen and oxygen atoms in total. The highest BCUT2D eigenvalue weighted by atomic mass is 19.1. The first-order valence-corrected chi connectivity index (χ1v) is 19.9. The number of aromatic nitrogens is 3. The second-order valence-electron chi connectivity index (χ2n) is 16.2. The lowest BCUT2D eigenvalue weighted by atomic mass is 9.94. The largest absolute Gasteiger partial charge is 0.468 e. The molecule has 2 aromatic carbocycles. The third-order valence-corrected chi connectivity index (χ3v) is 12.4. The van der Waals surface area contributed by atoms with Crippen molar-refractivity contribution >= 4 is 27.5 Å². The van der Waals surface area contributed by atoms with E-state index in [-0.39, 0.29) is 35.4 Å². The van der Waals surface area contributed by atoms with Crippen LogP contribution in [-0.4, -0.2) is 95.5 Å². The summed E-state index contributed by atoms with van der Waals surface area (Å²) in [6, 6.07) is 7.01. The van der Waals surface area contributed by atoms with E-state index in [1.807, 2.05) is 18.7 Å². The number of piperidine rings is 1. The average molecular weight is 746 g/mol. The molecule has 3 atom stereocenters. The van der Waals surface area contributed by atoms with Crippen LogP contribution in [0.5, 0.6) is 11.8 Å². The fraction of sp³-hybridized carbons (Fsp3) is 0.595. The summed E-state index contributed by atoms with van der Waals surface area (Å²) in [6.45, 7) is 7.60. The first-order chi connectivity index (χ1) is 26.2.